The number of piperazine rings is 2. The van der Waals surface area contributed by atoms with Crippen molar-refractivity contribution in [3.63, 3.8) is 0 Å². The highest BCUT2D eigenvalue weighted by Crippen LogP contribution is 2.21. The molecule has 2 saturated heterocycles. The van der Waals surface area contributed by atoms with Gasteiger partial charge in [-0.2, -0.15) is 0 Å². The Balaban J connectivity index is 1.44. The predicted molar refractivity (Wildman–Crippen MR) is 105 cm³/mol. The third kappa shape index (κ3) is 3.57. The Kier molecular flexibility index (Phi) is 5.00. The van der Waals surface area contributed by atoms with Gasteiger partial charge in [-0.15, -0.1) is 0 Å². The number of hydrogen-bond acceptors (Lipinski definition) is 4. The van der Waals surface area contributed by atoms with E-state index >= 15 is 0 Å². The van der Waals surface area contributed by atoms with Crippen molar-refractivity contribution in [1.29, 1.82) is 0 Å². The standard InChI is InChI=1S/C21H24N4O4/c1-23-9-3-4-17(23)21(28)24-10-11-25-18(13-24)19(26)22-16(20(25)27)12-14-5-7-15(29-2)8-6-14/h3-9,16,18H,10-13H2,1-2H3,(H,22,26). The molecular formula is C21H24N4O4. The minimum absolute atomic E-state index is 0.101. The van der Waals surface area contributed by atoms with Crippen molar-refractivity contribution in [3.05, 3.63) is 53.9 Å². The maximum absolute atomic E-state index is 13.0. The molecule has 0 aliphatic carbocycles. The van der Waals surface area contributed by atoms with E-state index in [2.05, 4.69) is 5.32 Å². The maximum Gasteiger partial charge on any atom is 0.270 e. The fraction of sp³-hybridized carbons (Fsp3) is 0.381. The number of carbonyl (C=O) groups is 3. The van der Waals surface area contributed by atoms with Gasteiger partial charge in [0.25, 0.3) is 5.91 Å². The molecule has 3 amide bonds. The summed E-state index contributed by atoms with van der Waals surface area (Å²) in [6, 6.07) is 9.77. The Hall–Kier alpha value is -3.29. The molecule has 1 N–H and O–H groups in total. The fourth-order valence-electron chi connectivity index (χ4n) is 3.97. The number of methoxy groups -OCH3 is 1. The zero-order valence-electron chi connectivity index (χ0n) is 16.5. The number of rotatable bonds is 4. The SMILES string of the molecule is COc1ccc(CC2NC(=O)C3CN(C(=O)c4cccn4C)CCN3C2=O)cc1. The Labute approximate surface area is 169 Å². The average Bonchev–Trinajstić information content (AvgIpc) is 3.17. The first-order valence-corrected chi connectivity index (χ1v) is 9.62. The maximum atomic E-state index is 13.0. The van der Waals surface area contributed by atoms with E-state index < -0.39 is 12.1 Å². The van der Waals surface area contributed by atoms with Crippen LogP contribution in [0.3, 0.4) is 0 Å². The van der Waals surface area contributed by atoms with Crippen LogP contribution in [0.1, 0.15) is 16.1 Å². The highest BCUT2D eigenvalue weighted by Gasteiger charge is 2.44. The molecule has 2 aliphatic rings. The van der Waals surface area contributed by atoms with Gasteiger partial charge in [0.15, 0.2) is 0 Å². The van der Waals surface area contributed by atoms with E-state index in [-0.39, 0.29) is 24.3 Å². The molecule has 0 spiro atoms. The van der Waals surface area contributed by atoms with E-state index in [9.17, 15) is 14.4 Å². The summed E-state index contributed by atoms with van der Waals surface area (Å²) in [4.78, 5) is 41.7. The van der Waals surface area contributed by atoms with Crippen LogP contribution in [0.2, 0.25) is 0 Å². The number of nitrogens with one attached hydrogen (secondary N) is 1. The number of amides is 3. The van der Waals surface area contributed by atoms with Crippen molar-refractivity contribution in [3.8, 4) is 5.75 Å². The van der Waals surface area contributed by atoms with Crippen LogP contribution in [0.25, 0.3) is 0 Å². The van der Waals surface area contributed by atoms with Crippen molar-refractivity contribution < 1.29 is 19.1 Å². The number of benzene rings is 1. The van der Waals surface area contributed by atoms with E-state index in [1.54, 1.807) is 27.5 Å². The van der Waals surface area contributed by atoms with Crippen molar-refractivity contribution in [2.45, 2.75) is 18.5 Å². The summed E-state index contributed by atoms with van der Waals surface area (Å²) < 4.78 is 6.91. The molecule has 3 heterocycles. The minimum Gasteiger partial charge on any atom is -0.497 e. The van der Waals surface area contributed by atoms with Crippen LogP contribution in [0.15, 0.2) is 42.6 Å². The summed E-state index contributed by atoms with van der Waals surface area (Å²) in [5.74, 6) is 0.300. The largest absolute Gasteiger partial charge is 0.497 e. The lowest BCUT2D eigenvalue weighted by atomic mass is 9.98. The van der Waals surface area contributed by atoms with Crippen LogP contribution in [0.5, 0.6) is 5.75 Å². The van der Waals surface area contributed by atoms with Gasteiger partial charge in [-0.3, -0.25) is 14.4 Å². The number of ether oxygens (including phenoxy) is 1. The molecule has 2 aromatic rings. The lowest BCUT2D eigenvalue weighted by Gasteiger charge is -2.45. The Morgan fingerprint density at radius 1 is 1.17 bits per heavy atom. The van der Waals surface area contributed by atoms with Gasteiger partial charge in [-0.25, -0.2) is 0 Å². The number of carbonyl (C=O) groups excluding carboxylic acids is 3. The van der Waals surface area contributed by atoms with Gasteiger partial charge in [0.2, 0.25) is 11.8 Å². The van der Waals surface area contributed by atoms with Crippen molar-refractivity contribution >= 4 is 17.7 Å². The second-order valence-electron chi connectivity index (χ2n) is 7.42. The molecule has 8 nitrogen and oxygen atoms in total. The molecule has 2 fully saturated rings. The van der Waals surface area contributed by atoms with Gasteiger partial charge in [-0.05, 0) is 29.8 Å². The Morgan fingerprint density at radius 3 is 2.59 bits per heavy atom. The van der Waals surface area contributed by atoms with E-state index in [0.29, 0.717) is 25.2 Å². The molecule has 2 aliphatic heterocycles. The quantitative estimate of drug-likeness (QED) is 0.812. The zero-order valence-corrected chi connectivity index (χ0v) is 16.5. The molecule has 2 unspecified atom stereocenters. The molecule has 0 saturated carbocycles. The minimum atomic E-state index is -0.646. The number of fused-ring (bicyclic) bond motifs is 1. The van der Waals surface area contributed by atoms with Crippen LogP contribution < -0.4 is 10.1 Å². The van der Waals surface area contributed by atoms with Crippen LogP contribution >= 0.6 is 0 Å². The van der Waals surface area contributed by atoms with Crippen LogP contribution in [0, 0.1) is 0 Å². The summed E-state index contributed by atoms with van der Waals surface area (Å²) in [6.07, 6.45) is 2.23. The average molecular weight is 396 g/mol. The first kappa shape index (κ1) is 19.0. The van der Waals surface area contributed by atoms with Gasteiger partial charge in [0.1, 0.15) is 23.5 Å². The van der Waals surface area contributed by atoms with Gasteiger partial charge < -0.3 is 24.4 Å². The van der Waals surface area contributed by atoms with Gasteiger partial charge in [0.05, 0.1) is 13.7 Å². The molecule has 8 heteroatoms. The highest BCUT2D eigenvalue weighted by molar-refractivity contribution is 5.99. The number of aromatic nitrogens is 1. The first-order valence-electron chi connectivity index (χ1n) is 9.62. The van der Waals surface area contributed by atoms with E-state index in [4.69, 9.17) is 4.74 Å². The number of nitrogens with zero attached hydrogens (tertiary/aromatic N) is 3. The number of hydrogen-bond donors (Lipinski definition) is 1. The molecular weight excluding hydrogens is 372 g/mol. The predicted octanol–water partition coefficient (Wildman–Crippen LogP) is 0.428. The van der Waals surface area contributed by atoms with Crippen molar-refractivity contribution in [2.24, 2.45) is 7.05 Å². The molecule has 0 radical (unpaired) electrons. The van der Waals surface area contributed by atoms with Crippen LogP contribution in [-0.2, 0) is 23.1 Å². The summed E-state index contributed by atoms with van der Waals surface area (Å²) in [7, 11) is 3.41. The van der Waals surface area contributed by atoms with Crippen molar-refractivity contribution in [1.82, 2.24) is 19.7 Å². The molecule has 0 bridgehead atoms. The monoisotopic (exact) mass is 396 g/mol. The van der Waals surface area contributed by atoms with Crippen LogP contribution in [0.4, 0.5) is 0 Å². The second kappa shape index (κ2) is 7.62. The molecule has 4 rings (SSSR count). The lowest BCUT2D eigenvalue weighted by molar-refractivity contribution is -0.152. The molecule has 152 valence electrons. The molecule has 1 aromatic heterocycles. The van der Waals surface area contributed by atoms with Gasteiger partial charge in [0, 0.05) is 32.8 Å². The third-order valence-electron chi connectivity index (χ3n) is 5.63. The van der Waals surface area contributed by atoms with E-state index in [0.717, 1.165) is 11.3 Å². The normalized spacial score (nSPS) is 21.6. The van der Waals surface area contributed by atoms with Gasteiger partial charge >= 0.3 is 0 Å². The summed E-state index contributed by atoms with van der Waals surface area (Å²) in [6.45, 7) is 0.970. The Morgan fingerprint density at radius 2 is 1.93 bits per heavy atom. The van der Waals surface area contributed by atoms with E-state index in [1.165, 1.54) is 0 Å². The molecule has 29 heavy (non-hydrogen) atoms. The summed E-state index contributed by atoms with van der Waals surface area (Å²) in [5.41, 5.74) is 1.51. The third-order valence-corrected chi connectivity index (χ3v) is 5.63. The molecule has 1 aromatic carbocycles. The van der Waals surface area contributed by atoms with E-state index in [1.807, 2.05) is 43.6 Å². The lowest BCUT2D eigenvalue weighted by Crippen LogP contribution is -2.70. The van der Waals surface area contributed by atoms with Gasteiger partial charge in [-0.1, -0.05) is 12.1 Å². The topological polar surface area (TPSA) is 83.9 Å². The van der Waals surface area contributed by atoms with Crippen LogP contribution in [-0.4, -0.2) is 70.9 Å². The zero-order chi connectivity index (χ0) is 20.5. The second-order valence-corrected chi connectivity index (χ2v) is 7.42. The smallest absolute Gasteiger partial charge is 0.270 e. The highest BCUT2D eigenvalue weighted by atomic mass is 16.5. The molecule has 2 atom stereocenters. The summed E-state index contributed by atoms with van der Waals surface area (Å²) in [5, 5.41) is 2.84. The number of aryl methyl sites for hydroxylation is 1. The Bertz CT molecular complexity index is 936. The van der Waals surface area contributed by atoms with Crippen molar-refractivity contribution in [2.75, 3.05) is 26.7 Å². The first-order chi connectivity index (χ1) is 14.0. The summed E-state index contributed by atoms with van der Waals surface area (Å²) >= 11 is 0. The fourth-order valence-corrected chi connectivity index (χ4v) is 3.97.